The van der Waals surface area contributed by atoms with Crippen molar-refractivity contribution in [2.24, 2.45) is 11.7 Å². The molecule has 2 unspecified atom stereocenters. The molecule has 5 heteroatoms. The molecular weight excluding hydrogens is 268 g/mol. The lowest BCUT2D eigenvalue weighted by molar-refractivity contribution is -0.124. The number of nitrogens with two attached hydrogens (primary N) is 1. The van der Waals surface area contributed by atoms with Gasteiger partial charge in [-0.2, -0.15) is 0 Å². The Balaban J connectivity index is 1.88. The molecule has 3 N–H and O–H groups in total. The van der Waals surface area contributed by atoms with Crippen LogP contribution in [0, 0.1) is 5.92 Å². The third kappa shape index (κ3) is 4.21. The number of rotatable bonds is 5. The SMILES string of the molecule is CC1CCCCC1NC(=O)COc1ccccc1C(N)=O. The number of hydrogen-bond acceptors (Lipinski definition) is 3. The van der Waals surface area contributed by atoms with E-state index in [0.29, 0.717) is 11.7 Å². The maximum absolute atomic E-state index is 12.0. The van der Waals surface area contributed by atoms with Crippen molar-refractivity contribution in [1.29, 1.82) is 0 Å². The van der Waals surface area contributed by atoms with Gasteiger partial charge in [0.25, 0.3) is 11.8 Å². The summed E-state index contributed by atoms with van der Waals surface area (Å²) < 4.78 is 5.42. The van der Waals surface area contributed by atoms with E-state index < -0.39 is 5.91 Å². The van der Waals surface area contributed by atoms with Gasteiger partial charge in [0.15, 0.2) is 6.61 Å². The average Bonchev–Trinajstić information content (AvgIpc) is 2.48. The van der Waals surface area contributed by atoms with Crippen molar-refractivity contribution in [3.05, 3.63) is 29.8 Å². The Kier molecular flexibility index (Phi) is 5.20. The van der Waals surface area contributed by atoms with Crippen molar-refractivity contribution in [1.82, 2.24) is 5.32 Å². The Labute approximate surface area is 124 Å². The summed E-state index contributed by atoms with van der Waals surface area (Å²) in [6, 6.07) is 6.89. The van der Waals surface area contributed by atoms with Crippen molar-refractivity contribution in [3.8, 4) is 5.75 Å². The zero-order valence-corrected chi connectivity index (χ0v) is 12.3. The second-order valence-corrected chi connectivity index (χ2v) is 5.58. The molecule has 5 nitrogen and oxygen atoms in total. The molecule has 1 aromatic carbocycles. The molecule has 1 aromatic rings. The van der Waals surface area contributed by atoms with E-state index in [0.717, 1.165) is 19.3 Å². The molecule has 1 saturated carbocycles. The number of amides is 2. The van der Waals surface area contributed by atoms with E-state index in [2.05, 4.69) is 12.2 Å². The predicted molar refractivity (Wildman–Crippen MR) is 80.0 cm³/mol. The van der Waals surface area contributed by atoms with Crippen LogP contribution in [-0.2, 0) is 4.79 Å². The number of para-hydroxylation sites is 1. The molecule has 0 bridgehead atoms. The summed E-state index contributed by atoms with van der Waals surface area (Å²) in [4.78, 5) is 23.2. The Morgan fingerprint density at radius 3 is 2.71 bits per heavy atom. The van der Waals surface area contributed by atoms with Gasteiger partial charge in [-0.05, 0) is 30.9 Å². The first-order valence-electron chi connectivity index (χ1n) is 7.39. The first kappa shape index (κ1) is 15.4. The standard InChI is InChI=1S/C16H22N2O3/c1-11-6-2-4-8-13(11)18-15(19)10-21-14-9-5-3-7-12(14)16(17)20/h3,5,7,9,11,13H,2,4,6,8,10H2,1H3,(H2,17,20)(H,18,19). The molecular formula is C16H22N2O3. The van der Waals surface area contributed by atoms with E-state index in [4.69, 9.17) is 10.5 Å². The molecule has 2 rings (SSSR count). The Morgan fingerprint density at radius 1 is 1.29 bits per heavy atom. The maximum atomic E-state index is 12.0. The molecule has 21 heavy (non-hydrogen) atoms. The molecule has 0 saturated heterocycles. The van der Waals surface area contributed by atoms with Crippen LogP contribution < -0.4 is 15.8 Å². The lowest BCUT2D eigenvalue weighted by atomic mass is 9.86. The number of ether oxygens (including phenoxy) is 1. The molecule has 0 radical (unpaired) electrons. The van der Waals surface area contributed by atoms with Gasteiger partial charge in [-0.25, -0.2) is 0 Å². The summed E-state index contributed by atoms with van der Waals surface area (Å²) in [5.74, 6) is 0.123. The highest BCUT2D eigenvalue weighted by Gasteiger charge is 2.23. The van der Waals surface area contributed by atoms with Crippen LogP contribution in [0.2, 0.25) is 0 Å². The molecule has 1 aliphatic rings. The number of carbonyl (C=O) groups excluding carboxylic acids is 2. The van der Waals surface area contributed by atoms with E-state index in [1.165, 1.54) is 6.42 Å². The second kappa shape index (κ2) is 7.11. The topological polar surface area (TPSA) is 81.4 Å². The summed E-state index contributed by atoms with van der Waals surface area (Å²) in [6.45, 7) is 2.06. The summed E-state index contributed by atoms with van der Waals surface area (Å²) >= 11 is 0. The minimum absolute atomic E-state index is 0.104. The van der Waals surface area contributed by atoms with Crippen LogP contribution in [0.25, 0.3) is 0 Å². The van der Waals surface area contributed by atoms with Gasteiger partial charge in [-0.3, -0.25) is 9.59 Å². The molecule has 0 aromatic heterocycles. The van der Waals surface area contributed by atoms with Gasteiger partial charge in [-0.15, -0.1) is 0 Å². The van der Waals surface area contributed by atoms with Gasteiger partial charge < -0.3 is 15.8 Å². The van der Waals surface area contributed by atoms with E-state index in [1.807, 2.05) is 0 Å². The Bertz CT molecular complexity index is 516. The highest BCUT2D eigenvalue weighted by atomic mass is 16.5. The first-order valence-corrected chi connectivity index (χ1v) is 7.39. The van der Waals surface area contributed by atoms with Gasteiger partial charge in [0.05, 0.1) is 5.56 Å². The lowest BCUT2D eigenvalue weighted by Crippen LogP contribution is -2.43. The number of benzene rings is 1. The van der Waals surface area contributed by atoms with E-state index in [-0.39, 0.29) is 24.1 Å². The summed E-state index contributed by atoms with van der Waals surface area (Å²) in [6.07, 6.45) is 4.55. The Morgan fingerprint density at radius 2 is 2.00 bits per heavy atom. The number of nitrogens with one attached hydrogen (secondary N) is 1. The van der Waals surface area contributed by atoms with Gasteiger partial charge in [0.1, 0.15) is 5.75 Å². The van der Waals surface area contributed by atoms with E-state index in [9.17, 15) is 9.59 Å². The molecule has 114 valence electrons. The minimum Gasteiger partial charge on any atom is -0.483 e. The van der Waals surface area contributed by atoms with Crippen molar-refractivity contribution >= 4 is 11.8 Å². The summed E-state index contributed by atoms with van der Waals surface area (Å²) in [5, 5.41) is 3.01. The Hall–Kier alpha value is -2.04. The number of hydrogen-bond donors (Lipinski definition) is 2. The van der Waals surface area contributed by atoms with Crippen LogP contribution in [0.15, 0.2) is 24.3 Å². The molecule has 2 atom stereocenters. The third-order valence-electron chi connectivity index (χ3n) is 3.97. The first-order chi connectivity index (χ1) is 10.1. The van der Waals surface area contributed by atoms with Crippen LogP contribution in [-0.4, -0.2) is 24.5 Å². The van der Waals surface area contributed by atoms with Crippen molar-refractivity contribution in [2.75, 3.05) is 6.61 Å². The van der Waals surface area contributed by atoms with Crippen molar-refractivity contribution in [3.63, 3.8) is 0 Å². The van der Waals surface area contributed by atoms with Crippen LogP contribution in [0.3, 0.4) is 0 Å². The normalized spacial score (nSPS) is 21.6. The van der Waals surface area contributed by atoms with Crippen LogP contribution in [0.4, 0.5) is 0 Å². The molecule has 2 amide bonds. The monoisotopic (exact) mass is 290 g/mol. The number of primary amides is 1. The largest absolute Gasteiger partial charge is 0.483 e. The quantitative estimate of drug-likeness (QED) is 0.868. The molecule has 0 heterocycles. The fourth-order valence-corrected chi connectivity index (χ4v) is 2.72. The van der Waals surface area contributed by atoms with Crippen molar-refractivity contribution in [2.45, 2.75) is 38.6 Å². The van der Waals surface area contributed by atoms with Gasteiger partial charge in [-0.1, -0.05) is 31.9 Å². The van der Waals surface area contributed by atoms with Crippen LogP contribution in [0.1, 0.15) is 43.0 Å². The van der Waals surface area contributed by atoms with Gasteiger partial charge >= 0.3 is 0 Å². The predicted octanol–water partition coefficient (Wildman–Crippen LogP) is 1.86. The minimum atomic E-state index is -0.563. The summed E-state index contributed by atoms with van der Waals surface area (Å²) in [7, 11) is 0. The molecule has 0 spiro atoms. The van der Waals surface area contributed by atoms with Crippen molar-refractivity contribution < 1.29 is 14.3 Å². The summed E-state index contributed by atoms with van der Waals surface area (Å²) in [5.41, 5.74) is 5.56. The molecule has 1 aliphatic carbocycles. The van der Waals surface area contributed by atoms with Gasteiger partial charge in [0.2, 0.25) is 0 Å². The second-order valence-electron chi connectivity index (χ2n) is 5.58. The molecule has 0 aliphatic heterocycles. The third-order valence-corrected chi connectivity index (χ3v) is 3.97. The molecule has 1 fully saturated rings. The average molecular weight is 290 g/mol. The fraction of sp³-hybridized carbons (Fsp3) is 0.500. The highest BCUT2D eigenvalue weighted by Crippen LogP contribution is 2.23. The lowest BCUT2D eigenvalue weighted by Gasteiger charge is -2.29. The van der Waals surface area contributed by atoms with Crippen LogP contribution >= 0.6 is 0 Å². The van der Waals surface area contributed by atoms with E-state index >= 15 is 0 Å². The zero-order valence-electron chi connectivity index (χ0n) is 12.3. The zero-order chi connectivity index (χ0) is 15.2. The van der Waals surface area contributed by atoms with E-state index in [1.54, 1.807) is 24.3 Å². The van der Waals surface area contributed by atoms with Crippen LogP contribution in [0.5, 0.6) is 5.75 Å². The number of carbonyl (C=O) groups is 2. The fourth-order valence-electron chi connectivity index (χ4n) is 2.72. The van der Waals surface area contributed by atoms with Gasteiger partial charge in [0, 0.05) is 6.04 Å². The highest BCUT2D eigenvalue weighted by molar-refractivity contribution is 5.95. The smallest absolute Gasteiger partial charge is 0.258 e. The maximum Gasteiger partial charge on any atom is 0.258 e.